The number of likely N-dealkylation sites (N-methyl/N-ethyl adjacent to an activating group) is 1. The quantitative estimate of drug-likeness (QED) is 0.460. The standard InChI is InChI=1S/C25H21ClF7N3O3/c1-3-36-7-6-18(22(36)38)34-21(37)15-5-4-13(8-12(15)2)19-11-23(39-35-19,25(31,32)33)16-9-14(24(28,29)30)10-17(26)20(16)27/h4-5,8-10,18H,3,6-7,11H2,1-2H3,(H,34,37)/t18-,23-/m1/s1. The highest BCUT2D eigenvalue weighted by molar-refractivity contribution is 6.30. The van der Waals surface area contributed by atoms with E-state index in [2.05, 4.69) is 15.3 Å². The van der Waals surface area contributed by atoms with Gasteiger partial charge in [0.1, 0.15) is 11.9 Å². The molecule has 0 unspecified atom stereocenters. The minimum Gasteiger partial charge on any atom is -0.374 e. The van der Waals surface area contributed by atoms with E-state index in [9.17, 15) is 40.3 Å². The molecule has 2 aromatic carbocycles. The van der Waals surface area contributed by atoms with Gasteiger partial charge in [-0.25, -0.2) is 4.39 Å². The Hall–Kier alpha value is -3.35. The van der Waals surface area contributed by atoms with Gasteiger partial charge in [0.2, 0.25) is 5.91 Å². The molecule has 210 valence electrons. The SMILES string of the molecule is CCN1CC[C@@H](NC(=O)c2ccc(C3=NO[C@](c4cc(C(F)(F)F)cc(Cl)c4F)(C(F)(F)F)C3)cc2C)C1=O. The van der Waals surface area contributed by atoms with Crippen LogP contribution in [0.1, 0.15) is 52.4 Å². The number of hydrogen-bond acceptors (Lipinski definition) is 4. The number of oxime groups is 1. The zero-order chi connectivity index (χ0) is 28.9. The number of halogens is 8. The average Bonchev–Trinajstić information content (AvgIpc) is 3.44. The molecule has 1 N–H and O–H groups in total. The normalized spacial score (nSPS) is 21.7. The molecule has 2 aliphatic heterocycles. The van der Waals surface area contributed by atoms with E-state index in [1.165, 1.54) is 25.1 Å². The maximum atomic E-state index is 14.8. The summed E-state index contributed by atoms with van der Waals surface area (Å²) in [6.45, 7) is 4.31. The zero-order valence-corrected chi connectivity index (χ0v) is 21.2. The van der Waals surface area contributed by atoms with Crippen LogP contribution in [0.25, 0.3) is 0 Å². The first-order chi connectivity index (χ1) is 18.1. The van der Waals surface area contributed by atoms with Crippen LogP contribution in [0.4, 0.5) is 30.7 Å². The topological polar surface area (TPSA) is 71.0 Å². The molecule has 2 aromatic rings. The van der Waals surface area contributed by atoms with E-state index in [-0.39, 0.29) is 34.9 Å². The van der Waals surface area contributed by atoms with Crippen LogP contribution in [0.5, 0.6) is 0 Å². The van der Waals surface area contributed by atoms with Crippen molar-refractivity contribution in [2.24, 2.45) is 5.16 Å². The summed E-state index contributed by atoms with van der Waals surface area (Å²) in [5.41, 5.74) is -6.40. The zero-order valence-electron chi connectivity index (χ0n) is 20.4. The fourth-order valence-corrected chi connectivity index (χ4v) is 4.82. The number of benzene rings is 2. The highest BCUT2D eigenvalue weighted by atomic mass is 35.5. The van der Waals surface area contributed by atoms with Gasteiger partial charge in [-0.2, -0.15) is 26.3 Å². The Kier molecular flexibility index (Phi) is 7.34. The number of carbonyl (C=O) groups excluding carboxylic acids is 2. The summed E-state index contributed by atoms with van der Waals surface area (Å²) in [4.78, 5) is 31.3. The van der Waals surface area contributed by atoms with E-state index in [0.717, 1.165) is 0 Å². The third-order valence-electron chi connectivity index (χ3n) is 6.77. The summed E-state index contributed by atoms with van der Waals surface area (Å²) in [6.07, 6.45) is -11.2. The smallest absolute Gasteiger partial charge is 0.374 e. The van der Waals surface area contributed by atoms with Crippen molar-refractivity contribution < 1.29 is 45.2 Å². The minimum atomic E-state index is -5.39. The van der Waals surface area contributed by atoms with E-state index in [4.69, 9.17) is 11.6 Å². The van der Waals surface area contributed by atoms with Gasteiger partial charge in [0.15, 0.2) is 0 Å². The van der Waals surface area contributed by atoms with Gasteiger partial charge in [0.25, 0.3) is 11.5 Å². The summed E-state index contributed by atoms with van der Waals surface area (Å²) in [6, 6.07) is 3.43. The van der Waals surface area contributed by atoms with Crippen molar-refractivity contribution in [2.45, 2.75) is 50.7 Å². The first kappa shape index (κ1) is 28.7. The number of aryl methyl sites for hydroxylation is 1. The van der Waals surface area contributed by atoms with Crippen molar-refractivity contribution in [2.75, 3.05) is 13.1 Å². The van der Waals surface area contributed by atoms with Gasteiger partial charge < -0.3 is 15.1 Å². The predicted octanol–water partition coefficient (Wildman–Crippen LogP) is 5.74. The van der Waals surface area contributed by atoms with E-state index in [1.54, 1.807) is 4.90 Å². The van der Waals surface area contributed by atoms with Gasteiger partial charge in [0.05, 0.1) is 22.7 Å². The molecule has 0 saturated carbocycles. The Morgan fingerprint density at radius 2 is 1.90 bits per heavy atom. The Balaban J connectivity index is 1.62. The fourth-order valence-electron chi connectivity index (χ4n) is 4.60. The van der Waals surface area contributed by atoms with Crippen LogP contribution < -0.4 is 5.32 Å². The van der Waals surface area contributed by atoms with Crippen molar-refractivity contribution >= 4 is 29.1 Å². The molecule has 1 fully saturated rings. The second-order valence-corrected chi connectivity index (χ2v) is 9.62. The van der Waals surface area contributed by atoms with Crippen molar-refractivity contribution in [3.8, 4) is 0 Å². The highest BCUT2D eigenvalue weighted by Gasteiger charge is 2.64. The largest absolute Gasteiger partial charge is 0.435 e. The van der Waals surface area contributed by atoms with Crippen LogP contribution in [0, 0.1) is 12.7 Å². The molecule has 14 heteroatoms. The van der Waals surface area contributed by atoms with E-state index >= 15 is 0 Å². The van der Waals surface area contributed by atoms with Crippen LogP contribution >= 0.6 is 11.6 Å². The molecule has 0 aromatic heterocycles. The number of rotatable bonds is 5. The maximum Gasteiger partial charge on any atom is 0.435 e. The number of alkyl halides is 6. The molecule has 39 heavy (non-hydrogen) atoms. The molecule has 2 atom stereocenters. The molecular formula is C25H21ClF7N3O3. The molecule has 0 spiro atoms. The molecule has 2 heterocycles. The molecule has 1 saturated heterocycles. The van der Waals surface area contributed by atoms with E-state index in [0.29, 0.717) is 25.1 Å². The second kappa shape index (κ2) is 10.00. The lowest BCUT2D eigenvalue weighted by Gasteiger charge is -2.30. The van der Waals surface area contributed by atoms with Crippen LogP contribution in [0.3, 0.4) is 0 Å². The van der Waals surface area contributed by atoms with Crippen LogP contribution in [-0.2, 0) is 21.4 Å². The Morgan fingerprint density at radius 3 is 2.46 bits per heavy atom. The van der Waals surface area contributed by atoms with Gasteiger partial charge in [-0.1, -0.05) is 22.8 Å². The van der Waals surface area contributed by atoms with Gasteiger partial charge >= 0.3 is 12.4 Å². The highest BCUT2D eigenvalue weighted by Crippen LogP contribution is 2.51. The molecule has 2 amide bonds. The number of carbonyl (C=O) groups is 2. The van der Waals surface area contributed by atoms with Crippen molar-refractivity contribution in [1.82, 2.24) is 10.2 Å². The Morgan fingerprint density at radius 1 is 1.21 bits per heavy atom. The molecular weight excluding hydrogens is 559 g/mol. The monoisotopic (exact) mass is 579 g/mol. The minimum absolute atomic E-state index is 0.00975. The molecule has 0 aliphatic carbocycles. The third-order valence-corrected chi connectivity index (χ3v) is 7.04. The van der Waals surface area contributed by atoms with E-state index < -0.39 is 58.3 Å². The predicted molar refractivity (Wildman–Crippen MR) is 126 cm³/mol. The number of nitrogens with zero attached hydrogens (tertiary/aromatic N) is 2. The molecule has 2 aliphatic rings. The number of amides is 2. The van der Waals surface area contributed by atoms with Crippen molar-refractivity contribution in [1.29, 1.82) is 0 Å². The summed E-state index contributed by atoms with van der Waals surface area (Å²) in [5.74, 6) is -2.50. The molecule has 0 radical (unpaired) electrons. The third kappa shape index (κ3) is 5.15. The summed E-state index contributed by atoms with van der Waals surface area (Å²) in [7, 11) is 0. The lowest BCUT2D eigenvalue weighted by molar-refractivity contribution is -0.276. The summed E-state index contributed by atoms with van der Waals surface area (Å²) < 4.78 is 97.5. The number of hydrogen-bond donors (Lipinski definition) is 1. The Labute approximate surface area is 222 Å². The first-order valence-corrected chi connectivity index (χ1v) is 12.1. The van der Waals surface area contributed by atoms with E-state index in [1.807, 2.05) is 6.92 Å². The maximum absolute atomic E-state index is 14.8. The lowest BCUT2D eigenvalue weighted by atomic mass is 9.85. The van der Waals surface area contributed by atoms with Gasteiger partial charge in [-0.05, 0) is 55.7 Å². The molecule has 0 bridgehead atoms. The first-order valence-electron chi connectivity index (χ1n) is 11.7. The number of likely N-dealkylation sites (tertiary alicyclic amines) is 1. The summed E-state index contributed by atoms with van der Waals surface area (Å²) >= 11 is 5.53. The fraction of sp³-hybridized carbons (Fsp3) is 0.400. The number of nitrogens with one attached hydrogen (secondary N) is 1. The molecule has 4 rings (SSSR count). The van der Waals surface area contributed by atoms with Gasteiger partial charge in [-0.15, -0.1) is 0 Å². The molecule has 6 nitrogen and oxygen atoms in total. The summed E-state index contributed by atoms with van der Waals surface area (Å²) in [5, 5.41) is 4.93. The van der Waals surface area contributed by atoms with Crippen molar-refractivity contribution in [3.63, 3.8) is 0 Å². The van der Waals surface area contributed by atoms with Crippen LogP contribution in [-0.4, -0.2) is 47.7 Å². The average molecular weight is 580 g/mol. The van der Waals surface area contributed by atoms with Crippen LogP contribution in [0.2, 0.25) is 5.02 Å². The van der Waals surface area contributed by atoms with Gasteiger partial charge in [0, 0.05) is 24.2 Å². The second-order valence-electron chi connectivity index (χ2n) is 9.21. The lowest BCUT2D eigenvalue weighted by Crippen LogP contribution is -2.43. The van der Waals surface area contributed by atoms with Crippen LogP contribution in [0.15, 0.2) is 35.5 Å². The van der Waals surface area contributed by atoms with Crippen molar-refractivity contribution in [3.05, 3.63) is 69.0 Å². The van der Waals surface area contributed by atoms with Gasteiger partial charge in [-0.3, -0.25) is 9.59 Å². The Bertz CT molecular complexity index is 1360.